The van der Waals surface area contributed by atoms with E-state index in [0.29, 0.717) is 29.2 Å². The third-order valence-corrected chi connectivity index (χ3v) is 8.05. The van der Waals surface area contributed by atoms with Gasteiger partial charge in [0.05, 0.1) is 50.9 Å². The molecule has 1 N–H and O–H groups in total. The molecule has 6 heteroatoms. The molecule has 35 heavy (non-hydrogen) atoms. The molecule has 2 aliphatic heterocycles. The molecule has 186 valence electrons. The third kappa shape index (κ3) is 3.45. The number of methoxy groups -OCH3 is 3. The van der Waals surface area contributed by atoms with Crippen LogP contribution in [0.4, 0.5) is 0 Å². The van der Waals surface area contributed by atoms with Crippen LogP contribution in [-0.4, -0.2) is 44.4 Å². The Hall–Kier alpha value is -2.99. The number of carbonyl (C=O) groups is 1. The molecule has 0 aromatic heterocycles. The molecule has 2 bridgehead atoms. The number of aliphatic hydroxyl groups excluding tert-OH is 1. The zero-order valence-corrected chi connectivity index (χ0v) is 21.3. The van der Waals surface area contributed by atoms with E-state index in [9.17, 15) is 9.90 Å². The summed E-state index contributed by atoms with van der Waals surface area (Å²) in [6.45, 7) is 6.28. The Morgan fingerprint density at radius 3 is 2.06 bits per heavy atom. The molecular formula is C29H34O6. The second kappa shape index (κ2) is 8.90. The predicted octanol–water partition coefficient (Wildman–Crippen LogP) is 5.18. The normalized spacial score (nSPS) is 26.9. The fourth-order valence-electron chi connectivity index (χ4n) is 6.57. The van der Waals surface area contributed by atoms with Gasteiger partial charge in [-0.2, -0.15) is 0 Å². The van der Waals surface area contributed by atoms with Crippen molar-refractivity contribution in [2.75, 3.05) is 21.3 Å². The average molecular weight is 479 g/mol. The van der Waals surface area contributed by atoms with Gasteiger partial charge in [-0.15, -0.1) is 0 Å². The second-order valence-electron chi connectivity index (χ2n) is 9.78. The molecule has 6 nitrogen and oxygen atoms in total. The number of Topliss-reactive ketones (excluding diaryl/α,β-unsaturated/α-hetero) is 1. The first-order chi connectivity index (χ1) is 16.9. The van der Waals surface area contributed by atoms with E-state index in [0.717, 1.165) is 35.1 Å². The van der Waals surface area contributed by atoms with E-state index in [-0.39, 0.29) is 41.5 Å². The Kier molecular flexibility index (Phi) is 6.04. The molecule has 3 aliphatic rings. The van der Waals surface area contributed by atoms with Crippen molar-refractivity contribution in [1.82, 2.24) is 0 Å². The lowest BCUT2D eigenvalue weighted by Gasteiger charge is -2.28. The van der Waals surface area contributed by atoms with E-state index in [4.69, 9.17) is 18.9 Å². The third-order valence-electron chi connectivity index (χ3n) is 8.05. The summed E-state index contributed by atoms with van der Waals surface area (Å²) in [5.41, 5.74) is 5.85. The predicted molar refractivity (Wildman–Crippen MR) is 134 cm³/mol. The van der Waals surface area contributed by atoms with E-state index in [1.807, 2.05) is 12.1 Å². The van der Waals surface area contributed by atoms with Gasteiger partial charge in [-0.3, -0.25) is 4.79 Å². The van der Waals surface area contributed by atoms with Crippen molar-refractivity contribution >= 4 is 11.4 Å². The first-order valence-electron chi connectivity index (χ1n) is 12.4. The number of hydrogen-bond donors (Lipinski definition) is 1. The molecule has 2 fully saturated rings. The Balaban J connectivity index is 1.58. The Labute approximate surface area is 206 Å². The Morgan fingerprint density at radius 2 is 1.54 bits per heavy atom. The fraction of sp³-hybridized carbons (Fsp3) is 0.483. The van der Waals surface area contributed by atoms with E-state index in [2.05, 4.69) is 32.9 Å². The Morgan fingerprint density at radius 1 is 0.943 bits per heavy atom. The maximum absolute atomic E-state index is 13.8. The molecule has 0 spiro atoms. The second-order valence-corrected chi connectivity index (χ2v) is 9.78. The van der Waals surface area contributed by atoms with Crippen LogP contribution < -0.4 is 14.2 Å². The molecule has 2 aromatic carbocycles. The number of aliphatic hydroxyl groups is 1. The molecule has 1 aliphatic carbocycles. The summed E-state index contributed by atoms with van der Waals surface area (Å²) in [6, 6.07) is 8.18. The standard InChI is InChI=1S/C29H34O6/c1-7-15-9-14(3)10-16(8-2)22(15)24-26(30)23-19-13-18(28(35-19)25(23)27(24)31)17-11-20(32-4)29(34-6)21(12-17)33-5/h9-12,18-19,23,25,28,31H,7-8,13H2,1-6H3/t18-,19-,23-,25+,28?/m0/s1. The maximum atomic E-state index is 13.8. The van der Waals surface area contributed by atoms with Gasteiger partial charge < -0.3 is 24.1 Å². The highest BCUT2D eigenvalue weighted by Crippen LogP contribution is 2.59. The molecule has 5 atom stereocenters. The first-order valence-corrected chi connectivity index (χ1v) is 12.4. The van der Waals surface area contributed by atoms with Crippen LogP contribution in [0, 0.1) is 18.8 Å². The van der Waals surface area contributed by atoms with Crippen LogP contribution in [0.5, 0.6) is 17.2 Å². The summed E-state index contributed by atoms with van der Waals surface area (Å²) in [5, 5.41) is 11.6. The van der Waals surface area contributed by atoms with Crippen LogP contribution in [0.3, 0.4) is 0 Å². The van der Waals surface area contributed by atoms with Crippen molar-refractivity contribution in [1.29, 1.82) is 0 Å². The topological polar surface area (TPSA) is 74.2 Å². The molecule has 0 saturated carbocycles. The van der Waals surface area contributed by atoms with Crippen LogP contribution >= 0.6 is 0 Å². The fourth-order valence-corrected chi connectivity index (χ4v) is 6.57. The number of fused-ring (bicyclic) bond motifs is 5. The minimum absolute atomic E-state index is 0.0126. The van der Waals surface area contributed by atoms with Gasteiger partial charge in [-0.1, -0.05) is 31.5 Å². The summed E-state index contributed by atoms with van der Waals surface area (Å²) in [7, 11) is 4.78. The number of rotatable bonds is 7. The zero-order chi connectivity index (χ0) is 25.0. The summed E-state index contributed by atoms with van der Waals surface area (Å²) in [4.78, 5) is 13.8. The van der Waals surface area contributed by atoms with Gasteiger partial charge in [0.2, 0.25) is 5.75 Å². The van der Waals surface area contributed by atoms with E-state index < -0.39 is 0 Å². The number of hydrogen-bond acceptors (Lipinski definition) is 6. The van der Waals surface area contributed by atoms with Gasteiger partial charge in [0.25, 0.3) is 0 Å². The van der Waals surface area contributed by atoms with Crippen molar-refractivity contribution in [2.24, 2.45) is 11.8 Å². The summed E-state index contributed by atoms with van der Waals surface area (Å²) < 4.78 is 22.9. The number of carbonyl (C=O) groups excluding carboxylic acids is 1. The summed E-state index contributed by atoms with van der Waals surface area (Å²) in [6.07, 6.45) is 1.82. The van der Waals surface area contributed by atoms with E-state index >= 15 is 0 Å². The smallest absolute Gasteiger partial charge is 0.203 e. The van der Waals surface area contributed by atoms with Gasteiger partial charge in [0.1, 0.15) is 5.76 Å². The minimum Gasteiger partial charge on any atom is -0.511 e. The monoisotopic (exact) mass is 478 g/mol. The van der Waals surface area contributed by atoms with Crippen molar-refractivity contribution in [3.8, 4) is 17.2 Å². The van der Waals surface area contributed by atoms with Gasteiger partial charge >= 0.3 is 0 Å². The highest BCUT2D eigenvalue weighted by molar-refractivity contribution is 6.26. The molecular weight excluding hydrogens is 444 g/mol. The summed E-state index contributed by atoms with van der Waals surface area (Å²) in [5.74, 6) is 1.28. The minimum atomic E-state index is -0.337. The lowest BCUT2D eigenvalue weighted by molar-refractivity contribution is -0.118. The number of allylic oxidation sites excluding steroid dienone is 1. The van der Waals surface area contributed by atoms with Crippen molar-refractivity contribution in [2.45, 2.75) is 58.2 Å². The van der Waals surface area contributed by atoms with E-state index in [1.54, 1.807) is 21.3 Å². The maximum Gasteiger partial charge on any atom is 0.203 e. The van der Waals surface area contributed by atoms with Crippen LogP contribution in [0.15, 0.2) is 30.0 Å². The largest absolute Gasteiger partial charge is 0.511 e. The number of ketones is 1. The van der Waals surface area contributed by atoms with Gasteiger partial charge in [0, 0.05) is 5.92 Å². The van der Waals surface area contributed by atoms with Crippen molar-refractivity contribution < 1.29 is 28.8 Å². The van der Waals surface area contributed by atoms with Crippen molar-refractivity contribution in [3.05, 3.63) is 57.8 Å². The summed E-state index contributed by atoms with van der Waals surface area (Å²) >= 11 is 0. The zero-order valence-electron chi connectivity index (χ0n) is 21.3. The lowest BCUT2D eigenvalue weighted by Crippen LogP contribution is -2.33. The molecule has 2 saturated heterocycles. The number of ether oxygens (including phenoxy) is 4. The van der Waals surface area contributed by atoms with E-state index in [1.165, 1.54) is 5.56 Å². The van der Waals surface area contributed by atoms with Crippen LogP contribution in [0.1, 0.15) is 54.0 Å². The van der Waals surface area contributed by atoms with Crippen LogP contribution in [0.2, 0.25) is 0 Å². The van der Waals surface area contributed by atoms with Crippen molar-refractivity contribution in [3.63, 3.8) is 0 Å². The van der Waals surface area contributed by atoms with Gasteiger partial charge in [-0.05, 0) is 60.6 Å². The highest BCUT2D eigenvalue weighted by atomic mass is 16.5. The molecule has 2 aromatic rings. The molecule has 1 unspecified atom stereocenters. The lowest BCUT2D eigenvalue weighted by atomic mass is 9.72. The molecule has 5 rings (SSSR count). The first kappa shape index (κ1) is 23.7. The Bertz CT molecular complexity index is 1160. The average Bonchev–Trinajstić information content (AvgIpc) is 3.53. The molecule has 0 amide bonds. The SMILES string of the molecule is CCc1cc(C)cc(CC)c1C1=C(O)[C@@H]2C3O[C@@H](C[C@H]3c3cc(OC)c(OC)c(OC)c3)[C@@H]2C1=O. The molecule has 2 heterocycles. The van der Waals surface area contributed by atoms with Crippen LogP contribution in [-0.2, 0) is 22.4 Å². The highest BCUT2D eigenvalue weighted by Gasteiger charge is 2.62. The van der Waals surface area contributed by atoms with Gasteiger partial charge in [-0.25, -0.2) is 0 Å². The molecule has 0 radical (unpaired) electrons. The van der Waals surface area contributed by atoms with Gasteiger partial charge in [0.15, 0.2) is 17.3 Å². The number of aryl methyl sites for hydroxylation is 3. The number of benzene rings is 2. The van der Waals surface area contributed by atoms with Crippen LogP contribution in [0.25, 0.3) is 5.57 Å². The quantitative estimate of drug-likeness (QED) is 0.591.